The summed E-state index contributed by atoms with van der Waals surface area (Å²) < 4.78 is 37.2. The van der Waals surface area contributed by atoms with E-state index in [-0.39, 0.29) is 24.1 Å². The quantitative estimate of drug-likeness (QED) is 0.539. The molecule has 28 heavy (non-hydrogen) atoms. The third-order valence-electron chi connectivity index (χ3n) is 4.03. The minimum absolute atomic E-state index is 0.0338. The molecule has 0 aliphatic rings. The summed E-state index contributed by atoms with van der Waals surface area (Å²) in [4.78, 5) is 16.6. The van der Waals surface area contributed by atoms with Crippen molar-refractivity contribution in [2.45, 2.75) is 6.54 Å². The van der Waals surface area contributed by atoms with Gasteiger partial charge in [-0.3, -0.25) is 9.78 Å². The lowest BCUT2D eigenvalue weighted by Crippen LogP contribution is -2.22. The first-order valence-corrected chi connectivity index (χ1v) is 8.43. The van der Waals surface area contributed by atoms with Crippen LogP contribution in [0, 0.1) is 11.6 Å². The van der Waals surface area contributed by atoms with Gasteiger partial charge in [-0.2, -0.15) is 0 Å². The van der Waals surface area contributed by atoms with Gasteiger partial charge in [-0.1, -0.05) is 6.07 Å². The van der Waals surface area contributed by atoms with Crippen LogP contribution in [0.15, 0.2) is 71.3 Å². The molecule has 0 saturated carbocycles. The average Bonchev–Trinajstić information content (AvgIpc) is 3.15. The third kappa shape index (κ3) is 3.83. The summed E-state index contributed by atoms with van der Waals surface area (Å²) in [5, 5.41) is 3.61. The SMILES string of the molecule is O=C(NCc1ccc(Oc2ccc(F)cc2F)o1)c1ccc2ncccc2c1. The summed E-state index contributed by atoms with van der Waals surface area (Å²) >= 11 is 0. The summed E-state index contributed by atoms with van der Waals surface area (Å²) in [7, 11) is 0. The Morgan fingerprint density at radius 2 is 1.96 bits per heavy atom. The van der Waals surface area contributed by atoms with Crippen LogP contribution < -0.4 is 10.1 Å². The minimum Gasteiger partial charge on any atom is -0.429 e. The summed E-state index contributed by atoms with van der Waals surface area (Å²) in [6, 6.07) is 15.0. The van der Waals surface area contributed by atoms with Crippen molar-refractivity contribution in [3.05, 3.63) is 89.8 Å². The maximum atomic E-state index is 13.6. The fourth-order valence-corrected chi connectivity index (χ4v) is 2.66. The van der Waals surface area contributed by atoms with Gasteiger partial charge in [-0.05, 0) is 42.5 Å². The van der Waals surface area contributed by atoms with E-state index in [9.17, 15) is 13.6 Å². The molecule has 0 fully saturated rings. The summed E-state index contributed by atoms with van der Waals surface area (Å²) in [5.41, 5.74) is 1.30. The van der Waals surface area contributed by atoms with Gasteiger partial charge in [0, 0.05) is 29.3 Å². The molecule has 2 heterocycles. The Balaban J connectivity index is 1.40. The predicted octanol–water partition coefficient (Wildman–Crippen LogP) is 4.83. The molecule has 7 heteroatoms. The molecular weight excluding hydrogens is 366 g/mol. The van der Waals surface area contributed by atoms with Gasteiger partial charge in [0.25, 0.3) is 11.9 Å². The largest absolute Gasteiger partial charge is 0.429 e. The van der Waals surface area contributed by atoms with Crippen molar-refractivity contribution in [2.75, 3.05) is 0 Å². The first kappa shape index (κ1) is 17.7. The lowest BCUT2D eigenvalue weighted by Gasteiger charge is -2.05. The van der Waals surface area contributed by atoms with E-state index < -0.39 is 11.6 Å². The Kier molecular flexibility index (Phi) is 4.72. The lowest BCUT2D eigenvalue weighted by molar-refractivity contribution is 0.0947. The van der Waals surface area contributed by atoms with Gasteiger partial charge >= 0.3 is 0 Å². The highest BCUT2D eigenvalue weighted by atomic mass is 19.1. The number of ether oxygens (including phenoxy) is 1. The van der Waals surface area contributed by atoms with E-state index >= 15 is 0 Å². The second kappa shape index (κ2) is 7.48. The van der Waals surface area contributed by atoms with Gasteiger partial charge in [0.2, 0.25) is 0 Å². The molecule has 2 aromatic heterocycles. The molecule has 4 aromatic rings. The molecule has 0 bridgehead atoms. The van der Waals surface area contributed by atoms with Crippen LogP contribution >= 0.6 is 0 Å². The number of aromatic nitrogens is 1. The Labute approximate surface area is 158 Å². The van der Waals surface area contributed by atoms with Crippen LogP contribution in [0.2, 0.25) is 0 Å². The number of furan rings is 1. The van der Waals surface area contributed by atoms with Crippen LogP contribution in [0.1, 0.15) is 16.1 Å². The predicted molar refractivity (Wildman–Crippen MR) is 98.1 cm³/mol. The maximum absolute atomic E-state index is 13.6. The van der Waals surface area contributed by atoms with E-state index in [1.807, 2.05) is 6.07 Å². The van der Waals surface area contributed by atoms with Crippen LogP contribution in [0.25, 0.3) is 10.9 Å². The van der Waals surface area contributed by atoms with Crippen LogP contribution in [0.3, 0.4) is 0 Å². The molecule has 4 rings (SSSR count). The molecule has 1 amide bonds. The molecule has 0 radical (unpaired) electrons. The van der Waals surface area contributed by atoms with Crippen molar-refractivity contribution in [3.63, 3.8) is 0 Å². The van der Waals surface area contributed by atoms with E-state index in [1.165, 1.54) is 12.1 Å². The molecule has 0 spiro atoms. The molecule has 0 atom stereocenters. The molecule has 0 aliphatic heterocycles. The third-order valence-corrected chi connectivity index (χ3v) is 4.03. The van der Waals surface area contributed by atoms with E-state index in [2.05, 4.69) is 10.3 Å². The zero-order valence-corrected chi connectivity index (χ0v) is 14.5. The molecule has 0 unspecified atom stereocenters. The number of halogens is 2. The first-order valence-electron chi connectivity index (χ1n) is 8.43. The number of benzene rings is 2. The van der Waals surface area contributed by atoms with Crippen LogP contribution in [-0.4, -0.2) is 10.9 Å². The zero-order chi connectivity index (χ0) is 19.5. The van der Waals surface area contributed by atoms with Crippen molar-refractivity contribution in [3.8, 4) is 11.7 Å². The van der Waals surface area contributed by atoms with Gasteiger partial charge in [-0.25, -0.2) is 8.78 Å². The van der Waals surface area contributed by atoms with Crippen LogP contribution in [0.4, 0.5) is 8.78 Å². The zero-order valence-electron chi connectivity index (χ0n) is 14.5. The smallest absolute Gasteiger partial charge is 0.290 e. The van der Waals surface area contributed by atoms with Crippen LogP contribution in [0.5, 0.6) is 11.7 Å². The highest BCUT2D eigenvalue weighted by molar-refractivity contribution is 5.97. The fraction of sp³-hybridized carbons (Fsp3) is 0.0476. The highest BCUT2D eigenvalue weighted by Crippen LogP contribution is 2.26. The molecule has 0 saturated heterocycles. The molecular formula is C21H14F2N2O3. The fourth-order valence-electron chi connectivity index (χ4n) is 2.66. The number of hydrogen-bond acceptors (Lipinski definition) is 4. The highest BCUT2D eigenvalue weighted by Gasteiger charge is 2.11. The lowest BCUT2D eigenvalue weighted by atomic mass is 10.1. The number of rotatable bonds is 5. The standard InChI is InChI=1S/C21H14F2N2O3/c22-15-4-7-19(17(23)11-15)28-20-8-5-16(27-20)12-25-21(26)14-3-6-18-13(10-14)2-1-9-24-18/h1-11H,12H2,(H,25,26). The topological polar surface area (TPSA) is 64.4 Å². The normalized spacial score (nSPS) is 10.8. The van der Waals surface area contributed by atoms with Gasteiger partial charge < -0.3 is 14.5 Å². The van der Waals surface area contributed by atoms with Crippen molar-refractivity contribution in [1.29, 1.82) is 0 Å². The second-order valence-electron chi connectivity index (χ2n) is 5.99. The first-order chi connectivity index (χ1) is 13.6. The monoisotopic (exact) mass is 380 g/mol. The Morgan fingerprint density at radius 1 is 1.07 bits per heavy atom. The number of fused-ring (bicyclic) bond motifs is 1. The van der Waals surface area contributed by atoms with Crippen molar-refractivity contribution < 1.29 is 22.7 Å². The van der Waals surface area contributed by atoms with Crippen molar-refractivity contribution >= 4 is 16.8 Å². The Hall–Kier alpha value is -3.74. The maximum Gasteiger partial charge on any atom is 0.290 e. The molecule has 5 nitrogen and oxygen atoms in total. The molecule has 0 aliphatic carbocycles. The number of carbonyl (C=O) groups excluding carboxylic acids is 1. The number of nitrogens with zero attached hydrogens (tertiary/aromatic N) is 1. The van der Waals surface area contributed by atoms with E-state index in [0.29, 0.717) is 11.3 Å². The van der Waals surface area contributed by atoms with Gasteiger partial charge in [0.05, 0.1) is 12.1 Å². The van der Waals surface area contributed by atoms with Crippen LogP contribution in [-0.2, 0) is 6.54 Å². The number of pyridine rings is 1. The van der Waals surface area contributed by atoms with Gasteiger partial charge in [-0.15, -0.1) is 0 Å². The average molecular weight is 380 g/mol. The van der Waals surface area contributed by atoms with Crippen molar-refractivity contribution in [2.24, 2.45) is 0 Å². The minimum atomic E-state index is -0.836. The Bertz CT molecular complexity index is 1160. The number of hydrogen-bond donors (Lipinski definition) is 1. The molecule has 140 valence electrons. The number of amides is 1. The van der Waals surface area contributed by atoms with Gasteiger partial charge in [0.1, 0.15) is 11.6 Å². The molecule has 2 aromatic carbocycles. The second-order valence-corrected chi connectivity index (χ2v) is 5.99. The molecule has 1 N–H and O–H groups in total. The van der Waals surface area contributed by atoms with Gasteiger partial charge in [0.15, 0.2) is 11.6 Å². The van der Waals surface area contributed by atoms with E-state index in [1.54, 1.807) is 36.5 Å². The number of nitrogens with one attached hydrogen (secondary N) is 1. The summed E-state index contributed by atoms with van der Waals surface area (Å²) in [6.45, 7) is 0.124. The number of carbonyl (C=O) groups is 1. The summed E-state index contributed by atoms with van der Waals surface area (Å²) in [5.74, 6) is -1.50. The van der Waals surface area contributed by atoms with Crippen molar-refractivity contribution in [1.82, 2.24) is 10.3 Å². The Morgan fingerprint density at radius 3 is 2.82 bits per heavy atom. The van der Waals surface area contributed by atoms with E-state index in [4.69, 9.17) is 9.15 Å². The van der Waals surface area contributed by atoms with E-state index in [0.717, 1.165) is 23.0 Å². The summed E-state index contributed by atoms with van der Waals surface area (Å²) in [6.07, 6.45) is 1.69.